The Morgan fingerprint density at radius 3 is 2.59 bits per heavy atom. The predicted molar refractivity (Wildman–Crippen MR) is 118 cm³/mol. The van der Waals surface area contributed by atoms with Crippen molar-refractivity contribution in [1.82, 2.24) is 15.2 Å². The Hall–Kier alpha value is -2.50. The predicted octanol–water partition coefficient (Wildman–Crippen LogP) is 4.00. The fourth-order valence-electron chi connectivity index (χ4n) is 4.45. The number of aromatic nitrogens is 1. The molecule has 1 unspecified atom stereocenters. The maximum absolute atomic E-state index is 5.79. The molecular weight excluding hydrogens is 362 g/mol. The van der Waals surface area contributed by atoms with Crippen molar-refractivity contribution in [2.45, 2.75) is 24.8 Å². The van der Waals surface area contributed by atoms with Gasteiger partial charge in [0, 0.05) is 41.2 Å². The van der Waals surface area contributed by atoms with E-state index in [1.165, 1.54) is 23.8 Å². The van der Waals surface area contributed by atoms with Crippen LogP contribution in [0.15, 0.2) is 48.7 Å². The molecule has 4 rings (SSSR count). The molecule has 3 aromatic rings. The van der Waals surface area contributed by atoms with Crippen LogP contribution < -0.4 is 14.8 Å². The lowest BCUT2D eigenvalue weighted by molar-refractivity contribution is 0.234. The van der Waals surface area contributed by atoms with Crippen LogP contribution in [0, 0.1) is 0 Å². The Balaban J connectivity index is 1.70. The van der Waals surface area contributed by atoms with E-state index in [-0.39, 0.29) is 5.92 Å². The molecule has 154 valence electrons. The van der Waals surface area contributed by atoms with Crippen LogP contribution in [0.4, 0.5) is 0 Å². The molecule has 29 heavy (non-hydrogen) atoms. The van der Waals surface area contributed by atoms with E-state index in [2.05, 4.69) is 58.8 Å². The van der Waals surface area contributed by atoms with E-state index in [1.54, 1.807) is 14.2 Å². The van der Waals surface area contributed by atoms with Gasteiger partial charge in [-0.1, -0.05) is 30.3 Å². The molecule has 2 N–H and O–H groups in total. The number of nitrogens with zero attached hydrogens (tertiary/aromatic N) is 1. The van der Waals surface area contributed by atoms with Gasteiger partial charge < -0.3 is 24.7 Å². The van der Waals surface area contributed by atoms with Crippen LogP contribution in [0.5, 0.6) is 11.5 Å². The summed E-state index contributed by atoms with van der Waals surface area (Å²) >= 11 is 0. The Morgan fingerprint density at radius 1 is 1.03 bits per heavy atom. The monoisotopic (exact) mass is 393 g/mol. The zero-order valence-corrected chi connectivity index (χ0v) is 17.6. The van der Waals surface area contributed by atoms with Crippen LogP contribution in [0.3, 0.4) is 0 Å². The van der Waals surface area contributed by atoms with Crippen molar-refractivity contribution in [2.24, 2.45) is 0 Å². The number of ether oxygens (including phenoxy) is 2. The lowest BCUT2D eigenvalue weighted by atomic mass is 9.89. The summed E-state index contributed by atoms with van der Waals surface area (Å²) in [5, 5.41) is 5.10. The van der Waals surface area contributed by atoms with E-state index < -0.39 is 0 Å². The third-order valence-electron chi connectivity index (χ3n) is 6.13. The van der Waals surface area contributed by atoms with Crippen molar-refractivity contribution in [1.29, 1.82) is 0 Å². The van der Waals surface area contributed by atoms with Gasteiger partial charge in [-0.05, 0) is 50.7 Å². The Morgan fingerprint density at radius 2 is 1.83 bits per heavy atom. The molecule has 0 spiro atoms. The zero-order chi connectivity index (χ0) is 20.2. The summed E-state index contributed by atoms with van der Waals surface area (Å²) in [5.74, 6) is 1.75. The minimum absolute atomic E-state index is 0.163. The molecule has 0 amide bonds. The lowest BCUT2D eigenvalue weighted by Gasteiger charge is -2.31. The molecule has 1 aliphatic rings. The second-order valence-corrected chi connectivity index (χ2v) is 7.91. The number of aromatic amines is 1. The number of methoxy groups -OCH3 is 2. The number of piperidine rings is 1. The standard InChI is InChI=1S/C24H31N3O2/c1-27-13-11-17(12-14-27)25-15-21(19-8-6-10-23(28-2)24(19)29-3)20-16-26-22-9-5-4-7-18(20)22/h4-10,16-17,21,25-26H,11-15H2,1-3H3. The van der Waals surface area contributed by atoms with E-state index in [0.717, 1.165) is 42.2 Å². The first-order valence-electron chi connectivity index (χ1n) is 10.4. The van der Waals surface area contributed by atoms with Crippen molar-refractivity contribution >= 4 is 10.9 Å². The van der Waals surface area contributed by atoms with Gasteiger partial charge in [-0.25, -0.2) is 0 Å². The first kappa shape index (κ1) is 19.8. The molecule has 0 radical (unpaired) electrons. The molecule has 1 atom stereocenters. The molecule has 1 aliphatic heterocycles. The SMILES string of the molecule is COc1cccc(C(CNC2CCN(C)CC2)c2c[nH]c3ccccc23)c1OC. The fourth-order valence-corrected chi connectivity index (χ4v) is 4.45. The quantitative estimate of drug-likeness (QED) is 0.637. The van der Waals surface area contributed by atoms with Crippen LogP contribution in [-0.2, 0) is 0 Å². The van der Waals surface area contributed by atoms with E-state index in [0.29, 0.717) is 6.04 Å². The van der Waals surface area contributed by atoms with Gasteiger partial charge in [0.1, 0.15) is 0 Å². The molecule has 1 fully saturated rings. The average molecular weight is 394 g/mol. The lowest BCUT2D eigenvalue weighted by Crippen LogP contribution is -2.42. The van der Waals surface area contributed by atoms with Crippen LogP contribution in [0.2, 0.25) is 0 Å². The minimum Gasteiger partial charge on any atom is -0.493 e. The van der Waals surface area contributed by atoms with Crippen LogP contribution >= 0.6 is 0 Å². The van der Waals surface area contributed by atoms with Crippen molar-refractivity contribution < 1.29 is 9.47 Å². The fraction of sp³-hybridized carbons (Fsp3) is 0.417. The van der Waals surface area contributed by atoms with Gasteiger partial charge in [-0.3, -0.25) is 0 Å². The van der Waals surface area contributed by atoms with Crippen molar-refractivity contribution in [2.75, 3.05) is 40.9 Å². The summed E-state index contributed by atoms with van der Waals surface area (Å²) in [6.45, 7) is 3.16. The number of likely N-dealkylation sites (tertiary alicyclic amines) is 1. The first-order valence-corrected chi connectivity index (χ1v) is 10.4. The second-order valence-electron chi connectivity index (χ2n) is 7.91. The zero-order valence-electron chi connectivity index (χ0n) is 17.6. The van der Waals surface area contributed by atoms with E-state index in [4.69, 9.17) is 9.47 Å². The molecule has 1 saturated heterocycles. The van der Waals surface area contributed by atoms with Crippen LogP contribution in [-0.4, -0.2) is 56.8 Å². The molecule has 1 aromatic heterocycles. The first-order chi connectivity index (χ1) is 14.2. The molecule has 2 heterocycles. The Labute approximate surface area is 173 Å². The molecular formula is C24H31N3O2. The molecule has 2 aromatic carbocycles. The van der Waals surface area contributed by atoms with Gasteiger partial charge in [-0.15, -0.1) is 0 Å². The number of rotatable bonds is 7. The number of fused-ring (bicyclic) bond motifs is 1. The Kier molecular flexibility index (Phi) is 6.07. The van der Waals surface area contributed by atoms with Gasteiger partial charge in [-0.2, -0.15) is 0 Å². The molecule has 5 heteroatoms. The summed E-state index contributed by atoms with van der Waals surface area (Å²) in [6, 6.07) is 15.2. The number of benzene rings is 2. The highest BCUT2D eigenvalue weighted by atomic mass is 16.5. The average Bonchev–Trinajstić information content (AvgIpc) is 3.19. The number of hydrogen-bond acceptors (Lipinski definition) is 4. The van der Waals surface area contributed by atoms with E-state index in [9.17, 15) is 0 Å². The van der Waals surface area contributed by atoms with Crippen LogP contribution in [0.1, 0.15) is 29.9 Å². The second kappa shape index (κ2) is 8.89. The smallest absolute Gasteiger partial charge is 0.164 e. The van der Waals surface area contributed by atoms with Gasteiger partial charge in [0.25, 0.3) is 0 Å². The molecule has 0 aliphatic carbocycles. The number of nitrogens with one attached hydrogen (secondary N) is 2. The summed E-state index contributed by atoms with van der Waals surface area (Å²) in [6.07, 6.45) is 4.52. The van der Waals surface area contributed by atoms with Gasteiger partial charge in [0.15, 0.2) is 11.5 Å². The maximum Gasteiger partial charge on any atom is 0.164 e. The molecule has 5 nitrogen and oxygen atoms in total. The van der Waals surface area contributed by atoms with E-state index in [1.807, 2.05) is 12.1 Å². The highest BCUT2D eigenvalue weighted by molar-refractivity contribution is 5.84. The van der Waals surface area contributed by atoms with Crippen LogP contribution in [0.25, 0.3) is 10.9 Å². The highest BCUT2D eigenvalue weighted by Crippen LogP contribution is 2.40. The van der Waals surface area contributed by atoms with Gasteiger partial charge in [0.05, 0.1) is 14.2 Å². The third-order valence-corrected chi connectivity index (χ3v) is 6.13. The summed E-state index contributed by atoms with van der Waals surface area (Å²) in [7, 11) is 5.61. The van der Waals surface area contributed by atoms with E-state index >= 15 is 0 Å². The molecule has 0 bridgehead atoms. The summed E-state index contributed by atoms with van der Waals surface area (Å²) < 4.78 is 11.4. The van der Waals surface area contributed by atoms with Crippen molar-refractivity contribution in [3.8, 4) is 11.5 Å². The minimum atomic E-state index is 0.163. The number of H-pyrrole nitrogens is 1. The Bertz CT molecular complexity index is 944. The normalized spacial score (nSPS) is 16.8. The van der Waals surface area contributed by atoms with Gasteiger partial charge >= 0.3 is 0 Å². The summed E-state index contributed by atoms with van der Waals surface area (Å²) in [4.78, 5) is 5.84. The highest BCUT2D eigenvalue weighted by Gasteiger charge is 2.25. The van der Waals surface area contributed by atoms with Gasteiger partial charge in [0.2, 0.25) is 0 Å². The van der Waals surface area contributed by atoms with Crippen molar-refractivity contribution in [3.05, 3.63) is 59.8 Å². The number of hydrogen-bond donors (Lipinski definition) is 2. The third kappa shape index (κ3) is 4.11. The molecule has 0 saturated carbocycles. The summed E-state index contributed by atoms with van der Waals surface area (Å²) in [5.41, 5.74) is 3.60. The van der Waals surface area contributed by atoms with Crippen molar-refractivity contribution in [3.63, 3.8) is 0 Å². The number of para-hydroxylation sites is 2. The maximum atomic E-state index is 5.79. The largest absolute Gasteiger partial charge is 0.493 e. The topological polar surface area (TPSA) is 49.5 Å².